The van der Waals surface area contributed by atoms with E-state index < -0.39 is 10.0 Å². The standard InChI is InChI=1S/C24H26N4O4S2/c25-15-18-3-1-4-19(13-18)17-33-24-26-22-14-21(34(29,30)27-8-11-31-12-9-27)6-7-23(22)28(24)16-20-5-2-10-32-20/h1,3-4,6-7,13-14,20H,2,5,8-12,16-17H2/t20-/m0/s1. The zero-order valence-corrected chi connectivity index (χ0v) is 20.4. The zero-order valence-electron chi connectivity index (χ0n) is 18.7. The number of rotatable bonds is 7. The Kier molecular flexibility index (Phi) is 6.90. The van der Waals surface area contributed by atoms with E-state index in [2.05, 4.69) is 10.6 Å². The molecule has 0 unspecified atom stereocenters. The number of morpholine rings is 1. The molecule has 0 bridgehead atoms. The van der Waals surface area contributed by atoms with E-state index >= 15 is 0 Å². The molecule has 5 rings (SSSR count). The van der Waals surface area contributed by atoms with Crippen LogP contribution in [0.4, 0.5) is 0 Å². The molecule has 2 saturated heterocycles. The summed E-state index contributed by atoms with van der Waals surface area (Å²) in [6, 6.07) is 14.9. The normalized spacial score (nSPS) is 19.4. The Morgan fingerprint density at radius 2 is 2.00 bits per heavy atom. The van der Waals surface area contributed by atoms with Crippen molar-refractivity contribution < 1.29 is 17.9 Å². The second-order valence-electron chi connectivity index (χ2n) is 8.41. The molecule has 1 atom stereocenters. The van der Waals surface area contributed by atoms with E-state index in [0.29, 0.717) is 49.7 Å². The van der Waals surface area contributed by atoms with Crippen LogP contribution in [0.25, 0.3) is 11.0 Å². The highest BCUT2D eigenvalue weighted by atomic mass is 32.2. The lowest BCUT2D eigenvalue weighted by atomic mass is 10.2. The Balaban J connectivity index is 1.47. The summed E-state index contributed by atoms with van der Waals surface area (Å²) in [4.78, 5) is 5.08. The molecule has 0 radical (unpaired) electrons. The van der Waals surface area contributed by atoms with E-state index in [1.54, 1.807) is 30.0 Å². The maximum absolute atomic E-state index is 13.2. The van der Waals surface area contributed by atoms with Crippen LogP contribution in [0, 0.1) is 11.3 Å². The predicted octanol–water partition coefficient (Wildman–Crippen LogP) is 3.40. The Morgan fingerprint density at radius 1 is 1.15 bits per heavy atom. The summed E-state index contributed by atoms with van der Waals surface area (Å²) in [5, 5.41) is 10.00. The molecule has 0 aliphatic carbocycles. The third-order valence-corrected chi connectivity index (χ3v) is 9.07. The molecule has 178 valence electrons. The van der Waals surface area contributed by atoms with Crippen molar-refractivity contribution in [3.63, 3.8) is 0 Å². The molecule has 1 aromatic heterocycles. The molecule has 2 aliphatic heterocycles. The summed E-state index contributed by atoms with van der Waals surface area (Å²) in [6.45, 7) is 2.97. The van der Waals surface area contributed by atoms with Crippen LogP contribution in [0.2, 0.25) is 0 Å². The second kappa shape index (κ2) is 10.1. The molecule has 0 spiro atoms. The third-order valence-electron chi connectivity index (χ3n) is 6.13. The largest absolute Gasteiger partial charge is 0.379 e. The quantitative estimate of drug-likeness (QED) is 0.461. The van der Waals surface area contributed by atoms with E-state index in [1.165, 1.54) is 4.31 Å². The second-order valence-corrected chi connectivity index (χ2v) is 11.3. The van der Waals surface area contributed by atoms with Gasteiger partial charge in [0.2, 0.25) is 10.0 Å². The molecular weight excluding hydrogens is 472 g/mol. The van der Waals surface area contributed by atoms with Gasteiger partial charge in [-0.15, -0.1) is 0 Å². The fourth-order valence-electron chi connectivity index (χ4n) is 4.34. The number of aromatic nitrogens is 2. The zero-order chi connectivity index (χ0) is 23.5. The summed E-state index contributed by atoms with van der Waals surface area (Å²) >= 11 is 1.58. The van der Waals surface area contributed by atoms with Crippen LogP contribution >= 0.6 is 11.8 Å². The van der Waals surface area contributed by atoms with Gasteiger partial charge in [0.1, 0.15) is 0 Å². The third kappa shape index (κ3) is 4.85. The Morgan fingerprint density at radius 3 is 2.76 bits per heavy atom. The van der Waals surface area contributed by atoms with E-state index in [0.717, 1.165) is 35.7 Å². The van der Waals surface area contributed by atoms with Gasteiger partial charge in [0.25, 0.3) is 0 Å². The Labute approximate surface area is 203 Å². The van der Waals surface area contributed by atoms with Crippen molar-refractivity contribution in [3.05, 3.63) is 53.6 Å². The monoisotopic (exact) mass is 498 g/mol. The van der Waals surface area contributed by atoms with Gasteiger partial charge in [-0.25, -0.2) is 13.4 Å². The van der Waals surface area contributed by atoms with Crippen LogP contribution in [0.15, 0.2) is 52.5 Å². The number of fused-ring (bicyclic) bond motifs is 1. The lowest BCUT2D eigenvalue weighted by molar-refractivity contribution is 0.0730. The highest BCUT2D eigenvalue weighted by Gasteiger charge is 2.27. The smallest absolute Gasteiger partial charge is 0.243 e. The maximum Gasteiger partial charge on any atom is 0.243 e. The highest BCUT2D eigenvalue weighted by Crippen LogP contribution is 2.31. The molecule has 0 saturated carbocycles. The van der Waals surface area contributed by atoms with Crippen LogP contribution in [0.1, 0.15) is 24.0 Å². The van der Waals surface area contributed by atoms with Crippen molar-refractivity contribution in [2.45, 2.75) is 41.3 Å². The molecular formula is C24H26N4O4S2. The van der Waals surface area contributed by atoms with Gasteiger partial charge in [0, 0.05) is 25.4 Å². The lowest BCUT2D eigenvalue weighted by Crippen LogP contribution is -2.40. The minimum absolute atomic E-state index is 0.121. The molecule has 0 N–H and O–H groups in total. The van der Waals surface area contributed by atoms with Gasteiger partial charge < -0.3 is 14.0 Å². The van der Waals surface area contributed by atoms with Gasteiger partial charge in [-0.05, 0) is 48.7 Å². The summed E-state index contributed by atoms with van der Waals surface area (Å²) < 4.78 is 41.1. The number of nitriles is 1. The van der Waals surface area contributed by atoms with Crippen LogP contribution in [0.5, 0.6) is 0 Å². The van der Waals surface area contributed by atoms with Crippen LogP contribution in [0.3, 0.4) is 0 Å². The highest BCUT2D eigenvalue weighted by molar-refractivity contribution is 7.98. The predicted molar refractivity (Wildman–Crippen MR) is 129 cm³/mol. The number of hydrogen-bond acceptors (Lipinski definition) is 7. The first-order valence-corrected chi connectivity index (χ1v) is 13.8. The van der Waals surface area contributed by atoms with Gasteiger partial charge in [0.15, 0.2) is 5.16 Å². The molecule has 3 heterocycles. The SMILES string of the molecule is N#Cc1cccc(CSc2nc3cc(S(=O)(=O)N4CCOCC4)ccc3n2C[C@@H]2CCCO2)c1. The molecule has 2 aliphatic rings. The molecule has 2 fully saturated rings. The molecule has 34 heavy (non-hydrogen) atoms. The number of nitrogens with zero attached hydrogens (tertiary/aromatic N) is 4. The van der Waals surface area contributed by atoms with Gasteiger partial charge in [-0.2, -0.15) is 9.57 Å². The van der Waals surface area contributed by atoms with E-state index in [-0.39, 0.29) is 11.0 Å². The van der Waals surface area contributed by atoms with E-state index in [9.17, 15) is 13.7 Å². The Hall–Kier alpha value is -2.42. The molecule has 3 aromatic rings. The molecule has 8 nitrogen and oxygen atoms in total. The first kappa shape index (κ1) is 23.3. The van der Waals surface area contributed by atoms with Crippen molar-refractivity contribution in [1.82, 2.24) is 13.9 Å². The number of thioether (sulfide) groups is 1. The van der Waals surface area contributed by atoms with Crippen molar-refractivity contribution in [3.8, 4) is 6.07 Å². The van der Waals surface area contributed by atoms with E-state index in [1.807, 2.05) is 24.3 Å². The number of benzene rings is 2. The van der Waals surface area contributed by atoms with Gasteiger partial charge in [-0.3, -0.25) is 0 Å². The van der Waals surface area contributed by atoms with Gasteiger partial charge in [0.05, 0.1) is 53.4 Å². The van der Waals surface area contributed by atoms with Gasteiger partial charge in [-0.1, -0.05) is 23.9 Å². The average Bonchev–Trinajstić information content (AvgIpc) is 3.51. The fraction of sp³-hybridized carbons (Fsp3) is 0.417. The van der Waals surface area contributed by atoms with Crippen molar-refractivity contribution in [2.75, 3.05) is 32.9 Å². The van der Waals surface area contributed by atoms with Gasteiger partial charge >= 0.3 is 0 Å². The Bertz CT molecular complexity index is 1320. The number of hydrogen-bond donors (Lipinski definition) is 0. The number of ether oxygens (including phenoxy) is 2. The molecule has 0 amide bonds. The number of imidazole rings is 1. The fourth-order valence-corrected chi connectivity index (χ4v) is 6.74. The minimum atomic E-state index is -3.60. The van der Waals surface area contributed by atoms with Crippen LogP contribution in [-0.2, 0) is 31.8 Å². The lowest BCUT2D eigenvalue weighted by Gasteiger charge is -2.26. The van der Waals surface area contributed by atoms with Crippen LogP contribution in [-0.4, -0.2) is 61.3 Å². The minimum Gasteiger partial charge on any atom is -0.379 e. The maximum atomic E-state index is 13.2. The summed E-state index contributed by atoms with van der Waals surface area (Å²) in [7, 11) is -3.60. The summed E-state index contributed by atoms with van der Waals surface area (Å²) in [5.41, 5.74) is 3.21. The summed E-state index contributed by atoms with van der Waals surface area (Å²) in [5.74, 6) is 0.656. The molecule has 2 aromatic carbocycles. The van der Waals surface area contributed by atoms with Crippen molar-refractivity contribution in [1.29, 1.82) is 5.26 Å². The van der Waals surface area contributed by atoms with Crippen molar-refractivity contribution >= 4 is 32.8 Å². The first-order valence-electron chi connectivity index (χ1n) is 11.4. The van der Waals surface area contributed by atoms with Crippen LogP contribution < -0.4 is 0 Å². The first-order chi connectivity index (χ1) is 16.5. The number of sulfonamides is 1. The topological polar surface area (TPSA) is 97.5 Å². The average molecular weight is 499 g/mol. The molecule has 10 heteroatoms. The van der Waals surface area contributed by atoms with E-state index in [4.69, 9.17) is 14.5 Å². The van der Waals surface area contributed by atoms with Crippen molar-refractivity contribution in [2.24, 2.45) is 0 Å². The summed E-state index contributed by atoms with van der Waals surface area (Å²) in [6.07, 6.45) is 2.16.